The van der Waals surface area contributed by atoms with Crippen LogP contribution in [-0.4, -0.2) is 47.7 Å². The van der Waals surface area contributed by atoms with Crippen LogP contribution in [0.2, 0.25) is 0 Å². The van der Waals surface area contributed by atoms with Gasteiger partial charge in [-0.25, -0.2) is 8.70 Å². The van der Waals surface area contributed by atoms with Crippen LogP contribution in [0.4, 0.5) is 17.6 Å². The molecular formula is C19H31F4NOS. The number of halogens is 4. The molecule has 7 heteroatoms. The largest absolute Gasteiger partial charge is 0.405 e. The van der Waals surface area contributed by atoms with Gasteiger partial charge in [-0.1, -0.05) is 18.9 Å². The van der Waals surface area contributed by atoms with Crippen LogP contribution >= 0.6 is 11.9 Å². The van der Waals surface area contributed by atoms with Crippen LogP contribution in [0, 0.1) is 17.8 Å². The normalized spacial score (nSPS) is 37.4. The fraction of sp³-hybridized carbons (Fsp3) is 1.00. The third-order valence-corrected chi connectivity index (χ3v) is 7.93. The SMILES string of the molecule is CCN(SC1CCC2CCOCC2C1)C(C1CCC(F)CC1)C(F)(F)F. The highest BCUT2D eigenvalue weighted by Crippen LogP contribution is 2.45. The third-order valence-electron chi connectivity index (χ3n) is 6.45. The van der Waals surface area contributed by atoms with E-state index < -0.39 is 24.3 Å². The Balaban J connectivity index is 1.64. The molecule has 1 heterocycles. The van der Waals surface area contributed by atoms with E-state index in [4.69, 9.17) is 4.74 Å². The molecule has 26 heavy (non-hydrogen) atoms. The molecule has 3 rings (SSSR count). The van der Waals surface area contributed by atoms with Crippen molar-refractivity contribution >= 4 is 11.9 Å². The average Bonchev–Trinajstić information content (AvgIpc) is 2.61. The first-order chi connectivity index (χ1) is 12.4. The van der Waals surface area contributed by atoms with Crippen molar-refractivity contribution in [2.45, 2.75) is 81.9 Å². The monoisotopic (exact) mass is 397 g/mol. The van der Waals surface area contributed by atoms with Crippen molar-refractivity contribution in [3.8, 4) is 0 Å². The fourth-order valence-corrected chi connectivity index (χ4v) is 6.55. The number of ether oxygens (including phenoxy) is 1. The van der Waals surface area contributed by atoms with Gasteiger partial charge in [0.2, 0.25) is 0 Å². The molecule has 3 fully saturated rings. The summed E-state index contributed by atoms with van der Waals surface area (Å²) in [4.78, 5) is 0. The second-order valence-corrected chi connectivity index (χ2v) is 9.50. The second-order valence-electron chi connectivity index (χ2n) is 8.16. The molecule has 1 aliphatic heterocycles. The van der Waals surface area contributed by atoms with Gasteiger partial charge in [0.25, 0.3) is 0 Å². The van der Waals surface area contributed by atoms with E-state index in [1.54, 1.807) is 4.31 Å². The van der Waals surface area contributed by atoms with E-state index in [-0.39, 0.29) is 18.1 Å². The summed E-state index contributed by atoms with van der Waals surface area (Å²) in [6.45, 7) is 3.76. The lowest BCUT2D eigenvalue weighted by atomic mass is 9.77. The summed E-state index contributed by atoms with van der Waals surface area (Å²) in [7, 11) is 0. The Morgan fingerprint density at radius 1 is 1.04 bits per heavy atom. The highest BCUT2D eigenvalue weighted by molar-refractivity contribution is 7.97. The number of hydrogen-bond acceptors (Lipinski definition) is 3. The Hall–Kier alpha value is -0.0100. The standard InChI is InChI=1S/C19H31F4NOS/c1-2-24(18(19(21,22)23)14-3-6-16(20)7-4-14)26-17-8-5-13-9-10-25-12-15(13)11-17/h13-18H,2-12H2,1H3. The van der Waals surface area contributed by atoms with Gasteiger partial charge >= 0.3 is 6.18 Å². The molecule has 0 radical (unpaired) electrons. The summed E-state index contributed by atoms with van der Waals surface area (Å²) in [6.07, 6.45) is 0.166. The summed E-state index contributed by atoms with van der Waals surface area (Å²) in [5, 5.41) is 0.236. The van der Waals surface area contributed by atoms with Crippen molar-refractivity contribution in [2.24, 2.45) is 17.8 Å². The lowest BCUT2D eigenvalue weighted by Crippen LogP contribution is -2.49. The topological polar surface area (TPSA) is 12.5 Å². The number of alkyl halides is 4. The van der Waals surface area contributed by atoms with Crippen LogP contribution < -0.4 is 0 Å². The first-order valence-electron chi connectivity index (χ1n) is 10.1. The Labute approximate surface area is 158 Å². The fourth-order valence-electron chi connectivity index (χ4n) is 5.02. The minimum Gasteiger partial charge on any atom is -0.381 e. The highest BCUT2D eigenvalue weighted by atomic mass is 32.2. The highest BCUT2D eigenvalue weighted by Gasteiger charge is 2.49. The van der Waals surface area contributed by atoms with Gasteiger partial charge in [-0.3, -0.25) is 0 Å². The van der Waals surface area contributed by atoms with Crippen LogP contribution in [0.1, 0.15) is 58.3 Å². The summed E-state index contributed by atoms with van der Waals surface area (Å²) in [5.74, 6) is 0.706. The van der Waals surface area contributed by atoms with Gasteiger partial charge in [0.15, 0.2) is 0 Å². The van der Waals surface area contributed by atoms with Gasteiger partial charge in [0.05, 0.1) is 0 Å². The van der Waals surface area contributed by atoms with Crippen molar-refractivity contribution in [1.29, 1.82) is 0 Å². The molecule has 152 valence electrons. The third kappa shape index (κ3) is 5.07. The minimum absolute atomic E-state index is 0.236. The molecule has 2 saturated carbocycles. The maximum absolute atomic E-state index is 13.9. The van der Waals surface area contributed by atoms with E-state index in [0.29, 0.717) is 31.2 Å². The molecule has 4 atom stereocenters. The predicted octanol–water partition coefficient (Wildman–Crippen LogP) is 5.62. The Bertz CT molecular complexity index is 442. The van der Waals surface area contributed by atoms with Crippen molar-refractivity contribution < 1.29 is 22.3 Å². The lowest BCUT2D eigenvalue weighted by molar-refractivity contribution is -0.186. The maximum Gasteiger partial charge on any atom is 0.405 e. The lowest BCUT2D eigenvalue weighted by Gasteiger charge is -2.43. The number of rotatable bonds is 5. The summed E-state index contributed by atoms with van der Waals surface area (Å²) in [5.41, 5.74) is 0. The van der Waals surface area contributed by atoms with Gasteiger partial charge in [-0.2, -0.15) is 13.2 Å². The molecule has 1 saturated heterocycles. The molecule has 0 N–H and O–H groups in total. The zero-order valence-electron chi connectivity index (χ0n) is 15.5. The molecule has 2 nitrogen and oxygen atoms in total. The Morgan fingerprint density at radius 2 is 1.77 bits per heavy atom. The number of fused-ring (bicyclic) bond motifs is 1. The number of hydrogen-bond donors (Lipinski definition) is 0. The van der Waals surface area contributed by atoms with Crippen LogP contribution in [0.3, 0.4) is 0 Å². The van der Waals surface area contributed by atoms with E-state index in [1.807, 2.05) is 6.92 Å². The molecule has 0 aromatic rings. The van der Waals surface area contributed by atoms with Crippen molar-refractivity contribution in [1.82, 2.24) is 4.31 Å². The minimum atomic E-state index is -4.26. The van der Waals surface area contributed by atoms with E-state index in [9.17, 15) is 17.6 Å². The van der Waals surface area contributed by atoms with E-state index in [1.165, 1.54) is 11.9 Å². The van der Waals surface area contributed by atoms with Gasteiger partial charge < -0.3 is 4.74 Å². The van der Waals surface area contributed by atoms with Gasteiger partial charge in [-0.05, 0) is 69.1 Å². The maximum atomic E-state index is 13.9. The summed E-state index contributed by atoms with van der Waals surface area (Å²) < 4.78 is 62.3. The first kappa shape index (κ1) is 20.7. The van der Waals surface area contributed by atoms with Gasteiger partial charge in [0, 0.05) is 25.0 Å². The smallest absolute Gasteiger partial charge is 0.381 e. The van der Waals surface area contributed by atoms with Gasteiger partial charge in [0.1, 0.15) is 12.2 Å². The molecule has 2 aliphatic carbocycles. The molecule has 0 aromatic heterocycles. The first-order valence-corrected chi connectivity index (χ1v) is 10.9. The van der Waals surface area contributed by atoms with Crippen LogP contribution in [0.5, 0.6) is 0 Å². The van der Waals surface area contributed by atoms with E-state index in [0.717, 1.165) is 38.9 Å². The molecule has 4 unspecified atom stereocenters. The van der Waals surface area contributed by atoms with E-state index >= 15 is 0 Å². The molecule has 3 aliphatic rings. The average molecular weight is 398 g/mol. The van der Waals surface area contributed by atoms with Gasteiger partial charge in [-0.15, -0.1) is 0 Å². The molecule has 0 amide bonds. The van der Waals surface area contributed by atoms with Crippen molar-refractivity contribution in [2.75, 3.05) is 19.8 Å². The molecule has 0 aromatic carbocycles. The predicted molar refractivity (Wildman–Crippen MR) is 96.7 cm³/mol. The molecule has 0 bridgehead atoms. The van der Waals surface area contributed by atoms with Crippen molar-refractivity contribution in [3.63, 3.8) is 0 Å². The zero-order valence-corrected chi connectivity index (χ0v) is 16.3. The quantitative estimate of drug-likeness (QED) is 0.441. The summed E-state index contributed by atoms with van der Waals surface area (Å²) >= 11 is 1.41. The van der Waals surface area contributed by atoms with Crippen LogP contribution in [0.25, 0.3) is 0 Å². The van der Waals surface area contributed by atoms with Crippen LogP contribution in [0.15, 0.2) is 0 Å². The molecular weight excluding hydrogens is 366 g/mol. The van der Waals surface area contributed by atoms with E-state index in [2.05, 4.69) is 0 Å². The van der Waals surface area contributed by atoms with Crippen molar-refractivity contribution in [3.05, 3.63) is 0 Å². The number of nitrogens with zero attached hydrogens (tertiary/aromatic N) is 1. The Morgan fingerprint density at radius 3 is 2.42 bits per heavy atom. The second kappa shape index (κ2) is 8.99. The zero-order chi connectivity index (χ0) is 18.7. The Kier molecular flexibility index (Phi) is 7.17. The summed E-state index contributed by atoms with van der Waals surface area (Å²) in [6, 6.07) is -1.45. The van der Waals surface area contributed by atoms with Crippen LogP contribution in [-0.2, 0) is 4.74 Å². The molecule has 0 spiro atoms.